The van der Waals surface area contributed by atoms with Crippen LogP contribution in [0, 0.1) is 0 Å². The van der Waals surface area contributed by atoms with Gasteiger partial charge in [-0.1, -0.05) is 22.0 Å². The second kappa shape index (κ2) is 4.09. The number of rotatable bonds is 2. The number of anilines is 1. The normalized spacial score (nSPS) is 16.2. The molecule has 0 unspecified atom stereocenters. The minimum atomic E-state index is 0.851. The number of imidazole rings is 1. The Kier molecular flexibility index (Phi) is 2.59. The Morgan fingerprint density at radius 2 is 2.06 bits per heavy atom. The highest BCUT2D eigenvalue weighted by Crippen LogP contribution is 2.26. The first-order chi connectivity index (χ1) is 7.90. The Balaban J connectivity index is 2.15. The Morgan fingerprint density at radius 1 is 1.25 bits per heavy atom. The standard InChI is InChI=1S/C12H14BrN3/c13-9-10-12(15-6-3-4-7-15)14-11-5-1-2-8-16(10)11/h1-2,5,8H,3-4,6-7,9H2. The molecule has 0 saturated carbocycles. The monoisotopic (exact) mass is 279 g/mol. The minimum absolute atomic E-state index is 0.851. The molecule has 0 amide bonds. The molecule has 4 heteroatoms. The maximum Gasteiger partial charge on any atom is 0.152 e. The van der Waals surface area contributed by atoms with Gasteiger partial charge in [-0.2, -0.15) is 0 Å². The first-order valence-electron chi connectivity index (χ1n) is 5.67. The lowest BCUT2D eigenvalue weighted by Gasteiger charge is -2.15. The van der Waals surface area contributed by atoms with Crippen LogP contribution in [0.5, 0.6) is 0 Å². The van der Waals surface area contributed by atoms with E-state index in [1.165, 1.54) is 18.5 Å². The molecule has 0 radical (unpaired) electrons. The Morgan fingerprint density at radius 3 is 2.81 bits per heavy atom. The Labute approximate surface area is 103 Å². The van der Waals surface area contributed by atoms with Crippen LogP contribution in [0.1, 0.15) is 18.5 Å². The molecule has 0 spiro atoms. The predicted molar refractivity (Wildman–Crippen MR) is 69.3 cm³/mol. The highest BCUT2D eigenvalue weighted by Gasteiger charge is 2.19. The van der Waals surface area contributed by atoms with Crippen molar-refractivity contribution in [1.82, 2.24) is 9.38 Å². The molecular formula is C12H14BrN3. The van der Waals surface area contributed by atoms with Gasteiger partial charge in [-0.15, -0.1) is 0 Å². The van der Waals surface area contributed by atoms with Crippen LogP contribution < -0.4 is 4.90 Å². The zero-order valence-electron chi connectivity index (χ0n) is 9.06. The number of nitrogens with zero attached hydrogens (tertiary/aromatic N) is 3. The van der Waals surface area contributed by atoms with Gasteiger partial charge in [0.15, 0.2) is 5.82 Å². The van der Waals surface area contributed by atoms with Crippen LogP contribution in [0.15, 0.2) is 24.4 Å². The average molecular weight is 280 g/mol. The first-order valence-corrected chi connectivity index (χ1v) is 6.79. The van der Waals surface area contributed by atoms with Gasteiger partial charge < -0.3 is 9.30 Å². The molecule has 2 aromatic heterocycles. The van der Waals surface area contributed by atoms with E-state index in [0.717, 1.165) is 29.9 Å². The van der Waals surface area contributed by atoms with Gasteiger partial charge in [0.2, 0.25) is 0 Å². The third-order valence-electron chi connectivity index (χ3n) is 3.14. The summed E-state index contributed by atoms with van der Waals surface area (Å²) in [6.07, 6.45) is 4.66. The topological polar surface area (TPSA) is 20.5 Å². The van der Waals surface area contributed by atoms with Gasteiger partial charge in [0.05, 0.1) is 5.69 Å². The average Bonchev–Trinajstić information content (AvgIpc) is 2.95. The molecule has 1 aliphatic rings. The van der Waals surface area contributed by atoms with Crippen LogP contribution in [0.4, 0.5) is 5.82 Å². The predicted octanol–water partition coefficient (Wildman–Crippen LogP) is 2.83. The summed E-state index contributed by atoms with van der Waals surface area (Å²) in [6.45, 7) is 2.29. The SMILES string of the molecule is BrCc1c(N2CCCC2)nc2ccccn12. The molecule has 0 atom stereocenters. The highest BCUT2D eigenvalue weighted by atomic mass is 79.9. The molecule has 0 bridgehead atoms. The fraction of sp³-hybridized carbons (Fsp3) is 0.417. The van der Waals surface area contributed by atoms with Crippen molar-refractivity contribution in [1.29, 1.82) is 0 Å². The molecule has 0 N–H and O–H groups in total. The van der Waals surface area contributed by atoms with Crippen LogP contribution in [-0.4, -0.2) is 22.5 Å². The second-order valence-electron chi connectivity index (χ2n) is 4.14. The van der Waals surface area contributed by atoms with Gasteiger partial charge in [0.25, 0.3) is 0 Å². The maximum atomic E-state index is 4.72. The quantitative estimate of drug-likeness (QED) is 0.788. The fourth-order valence-corrected chi connectivity index (χ4v) is 2.86. The first kappa shape index (κ1) is 10.1. The molecule has 1 fully saturated rings. The Bertz CT molecular complexity index is 500. The van der Waals surface area contributed by atoms with Crippen LogP contribution in [0.2, 0.25) is 0 Å². The van der Waals surface area contributed by atoms with E-state index in [2.05, 4.69) is 43.6 Å². The lowest BCUT2D eigenvalue weighted by molar-refractivity contribution is 0.933. The van der Waals surface area contributed by atoms with Gasteiger partial charge in [-0.3, -0.25) is 0 Å². The number of hydrogen-bond donors (Lipinski definition) is 0. The number of pyridine rings is 1. The molecule has 3 heterocycles. The van der Waals surface area contributed by atoms with E-state index in [0.29, 0.717) is 0 Å². The smallest absolute Gasteiger partial charge is 0.152 e. The van der Waals surface area contributed by atoms with Crippen molar-refractivity contribution in [3.05, 3.63) is 30.1 Å². The van der Waals surface area contributed by atoms with Gasteiger partial charge in [-0.25, -0.2) is 4.98 Å². The summed E-state index contributed by atoms with van der Waals surface area (Å²) in [5.41, 5.74) is 2.30. The summed E-state index contributed by atoms with van der Waals surface area (Å²) in [5.74, 6) is 1.15. The summed E-state index contributed by atoms with van der Waals surface area (Å²) in [5, 5.41) is 0.851. The lowest BCUT2D eigenvalue weighted by atomic mass is 10.4. The molecular weight excluding hydrogens is 266 g/mol. The third kappa shape index (κ3) is 1.52. The molecule has 0 aromatic carbocycles. The Hall–Kier alpha value is -1.03. The van der Waals surface area contributed by atoms with Crippen molar-refractivity contribution < 1.29 is 0 Å². The molecule has 0 aliphatic carbocycles. The van der Waals surface area contributed by atoms with E-state index in [1.807, 2.05) is 6.07 Å². The zero-order chi connectivity index (χ0) is 11.0. The summed E-state index contributed by atoms with van der Waals surface area (Å²) >= 11 is 3.57. The van der Waals surface area contributed by atoms with E-state index < -0.39 is 0 Å². The lowest BCUT2D eigenvalue weighted by Crippen LogP contribution is -2.19. The second-order valence-corrected chi connectivity index (χ2v) is 4.70. The summed E-state index contributed by atoms with van der Waals surface area (Å²) < 4.78 is 2.17. The highest BCUT2D eigenvalue weighted by molar-refractivity contribution is 9.08. The maximum absolute atomic E-state index is 4.72. The molecule has 16 heavy (non-hydrogen) atoms. The van der Waals surface area contributed by atoms with Crippen LogP contribution in [-0.2, 0) is 5.33 Å². The van der Waals surface area contributed by atoms with Crippen molar-refractivity contribution >= 4 is 27.4 Å². The summed E-state index contributed by atoms with van der Waals surface area (Å²) in [6, 6.07) is 6.15. The van der Waals surface area contributed by atoms with Crippen molar-refractivity contribution in [2.24, 2.45) is 0 Å². The van der Waals surface area contributed by atoms with E-state index in [-0.39, 0.29) is 0 Å². The number of alkyl halides is 1. The van der Waals surface area contributed by atoms with E-state index in [4.69, 9.17) is 4.98 Å². The van der Waals surface area contributed by atoms with Crippen molar-refractivity contribution in [3.63, 3.8) is 0 Å². The van der Waals surface area contributed by atoms with Crippen molar-refractivity contribution in [2.45, 2.75) is 18.2 Å². The number of halogens is 1. The zero-order valence-corrected chi connectivity index (χ0v) is 10.7. The van der Waals surface area contributed by atoms with Gasteiger partial charge >= 0.3 is 0 Å². The van der Waals surface area contributed by atoms with E-state index >= 15 is 0 Å². The minimum Gasteiger partial charge on any atom is -0.355 e. The van der Waals surface area contributed by atoms with E-state index in [1.54, 1.807) is 0 Å². The summed E-state index contributed by atoms with van der Waals surface area (Å²) in [7, 11) is 0. The molecule has 1 saturated heterocycles. The van der Waals surface area contributed by atoms with Crippen LogP contribution >= 0.6 is 15.9 Å². The molecule has 3 rings (SSSR count). The number of fused-ring (bicyclic) bond motifs is 1. The molecule has 1 aliphatic heterocycles. The van der Waals surface area contributed by atoms with E-state index in [9.17, 15) is 0 Å². The van der Waals surface area contributed by atoms with Crippen LogP contribution in [0.3, 0.4) is 0 Å². The van der Waals surface area contributed by atoms with Crippen molar-refractivity contribution in [3.8, 4) is 0 Å². The number of aromatic nitrogens is 2. The van der Waals surface area contributed by atoms with Gasteiger partial charge in [-0.05, 0) is 25.0 Å². The van der Waals surface area contributed by atoms with Gasteiger partial charge in [0.1, 0.15) is 5.65 Å². The number of hydrogen-bond acceptors (Lipinski definition) is 2. The largest absolute Gasteiger partial charge is 0.355 e. The van der Waals surface area contributed by atoms with Gasteiger partial charge in [0, 0.05) is 24.6 Å². The van der Waals surface area contributed by atoms with Crippen LogP contribution in [0.25, 0.3) is 5.65 Å². The summed E-state index contributed by atoms with van der Waals surface area (Å²) in [4.78, 5) is 7.12. The van der Waals surface area contributed by atoms with Crippen molar-refractivity contribution in [2.75, 3.05) is 18.0 Å². The third-order valence-corrected chi connectivity index (χ3v) is 3.67. The fourth-order valence-electron chi connectivity index (χ4n) is 2.34. The molecule has 2 aromatic rings. The molecule has 3 nitrogen and oxygen atoms in total. The molecule has 84 valence electrons.